The first-order valence-corrected chi connectivity index (χ1v) is 7.80. The maximum absolute atomic E-state index is 12.2. The molecule has 0 bridgehead atoms. The van der Waals surface area contributed by atoms with Gasteiger partial charge in [-0.25, -0.2) is 0 Å². The number of aromatic nitrogens is 1. The third-order valence-corrected chi connectivity index (χ3v) is 3.44. The lowest BCUT2D eigenvalue weighted by molar-refractivity contribution is -0.141. The quantitative estimate of drug-likeness (QED) is 0.777. The third kappa shape index (κ3) is 5.08. The van der Waals surface area contributed by atoms with E-state index in [-0.39, 0.29) is 12.2 Å². The molecular formula is C18H20N2O4. The number of ether oxygens (including phenoxy) is 1. The van der Waals surface area contributed by atoms with Gasteiger partial charge in [-0.05, 0) is 24.6 Å². The molecule has 0 aliphatic rings. The first kappa shape index (κ1) is 17.5. The van der Waals surface area contributed by atoms with E-state index in [0.29, 0.717) is 17.9 Å². The van der Waals surface area contributed by atoms with Crippen molar-refractivity contribution in [2.75, 3.05) is 6.54 Å². The molecule has 1 amide bonds. The smallest absolute Gasteiger partial charge is 0.308 e. The monoisotopic (exact) mass is 328 g/mol. The third-order valence-electron chi connectivity index (χ3n) is 3.44. The Balaban J connectivity index is 1.99. The normalized spacial score (nSPS) is 11.5. The van der Waals surface area contributed by atoms with Crippen molar-refractivity contribution in [1.82, 2.24) is 10.3 Å². The largest absolute Gasteiger partial charge is 0.481 e. The predicted octanol–water partition coefficient (Wildman–Crippen LogP) is 3.10. The van der Waals surface area contributed by atoms with Crippen LogP contribution in [0.4, 0.5) is 0 Å². The number of pyridine rings is 1. The fourth-order valence-electron chi connectivity index (χ4n) is 2.19. The summed E-state index contributed by atoms with van der Waals surface area (Å²) in [5.41, 5.74) is 0.184. The fraction of sp³-hybridized carbons (Fsp3) is 0.278. The van der Waals surface area contributed by atoms with Gasteiger partial charge in [-0.15, -0.1) is 0 Å². The minimum Gasteiger partial charge on any atom is -0.481 e. The highest BCUT2D eigenvalue weighted by atomic mass is 16.5. The predicted molar refractivity (Wildman–Crippen MR) is 89.1 cm³/mol. The van der Waals surface area contributed by atoms with Crippen molar-refractivity contribution in [3.8, 4) is 11.5 Å². The average molecular weight is 328 g/mol. The highest BCUT2D eigenvalue weighted by Crippen LogP contribution is 2.20. The summed E-state index contributed by atoms with van der Waals surface area (Å²) in [4.78, 5) is 27.3. The molecule has 0 aliphatic carbocycles. The number of nitrogens with zero attached hydrogens (tertiary/aromatic N) is 1. The Morgan fingerprint density at radius 2 is 1.96 bits per heavy atom. The van der Waals surface area contributed by atoms with Crippen LogP contribution in [-0.4, -0.2) is 28.5 Å². The molecule has 2 N–H and O–H groups in total. The molecule has 1 heterocycles. The van der Waals surface area contributed by atoms with Crippen LogP contribution < -0.4 is 10.1 Å². The number of hydrogen-bond acceptors (Lipinski definition) is 4. The molecule has 1 aromatic carbocycles. The van der Waals surface area contributed by atoms with Gasteiger partial charge < -0.3 is 15.2 Å². The van der Waals surface area contributed by atoms with E-state index in [0.717, 1.165) is 6.42 Å². The molecule has 0 saturated heterocycles. The van der Waals surface area contributed by atoms with Crippen molar-refractivity contribution in [2.24, 2.45) is 5.92 Å². The second kappa shape index (κ2) is 8.67. The number of aliphatic carboxylic acids is 1. The number of para-hydroxylation sites is 1. The summed E-state index contributed by atoms with van der Waals surface area (Å²) in [5, 5.41) is 11.7. The summed E-state index contributed by atoms with van der Waals surface area (Å²) in [7, 11) is 0. The zero-order chi connectivity index (χ0) is 17.4. The first-order chi connectivity index (χ1) is 11.6. The lowest BCUT2D eigenvalue weighted by Crippen LogP contribution is -2.33. The topological polar surface area (TPSA) is 88.5 Å². The average Bonchev–Trinajstić information content (AvgIpc) is 2.59. The Kier molecular flexibility index (Phi) is 6.31. The summed E-state index contributed by atoms with van der Waals surface area (Å²) in [6.07, 6.45) is 2.74. The van der Waals surface area contributed by atoms with E-state index in [2.05, 4.69) is 10.3 Å². The molecule has 24 heavy (non-hydrogen) atoms. The molecule has 1 unspecified atom stereocenters. The molecule has 6 nitrogen and oxygen atoms in total. The van der Waals surface area contributed by atoms with Crippen LogP contribution in [-0.2, 0) is 4.79 Å². The van der Waals surface area contributed by atoms with Crippen molar-refractivity contribution >= 4 is 11.9 Å². The van der Waals surface area contributed by atoms with Gasteiger partial charge in [0.2, 0.25) is 0 Å². The van der Waals surface area contributed by atoms with Crippen LogP contribution in [0.15, 0.2) is 48.7 Å². The van der Waals surface area contributed by atoms with Crippen LogP contribution in [0, 0.1) is 5.92 Å². The van der Waals surface area contributed by atoms with Gasteiger partial charge >= 0.3 is 5.97 Å². The molecule has 0 radical (unpaired) electrons. The van der Waals surface area contributed by atoms with Crippen LogP contribution in [0.3, 0.4) is 0 Å². The number of hydrogen-bond donors (Lipinski definition) is 2. The van der Waals surface area contributed by atoms with Gasteiger partial charge in [0.05, 0.1) is 5.92 Å². The maximum atomic E-state index is 12.2. The zero-order valence-electron chi connectivity index (χ0n) is 13.4. The number of nitrogens with one attached hydrogen (secondary N) is 1. The van der Waals surface area contributed by atoms with Crippen molar-refractivity contribution in [1.29, 1.82) is 0 Å². The highest BCUT2D eigenvalue weighted by molar-refractivity contribution is 5.92. The molecule has 2 rings (SSSR count). The second-order valence-electron chi connectivity index (χ2n) is 5.33. The Bertz CT molecular complexity index is 688. The summed E-state index contributed by atoms with van der Waals surface area (Å²) in [5.74, 6) is -0.779. The Labute approximate surface area is 140 Å². The number of carboxylic acids is 1. The minimum absolute atomic E-state index is 0.0768. The highest BCUT2D eigenvalue weighted by Gasteiger charge is 2.18. The number of carboxylic acid groups (broad SMARTS) is 1. The molecule has 6 heteroatoms. The lowest BCUT2D eigenvalue weighted by Gasteiger charge is -2.12. The SMILES string of the molecule is CCCC(CNC(=O)c1cc(Oc2ccccc2)ccn1)C(=O)O. The Hall–Kier alpha value is -2.89. The van der Waals surface area contributed by atoms with E-state index >= 15 is 0 Å². The molecular weight excluding hydrogens is 308 g/mol. The number of benzene rings is 1. The molecule has 0 aliphatic heterocycles. The molecule has 1 atom stereocenters. The molecule has 2 aromatic rings. The van der Waals surface area contributed by atoms with Crippen LogP contribution >= 0.6 is 0 Å². The lowest BCUT2D eigenvalue weighted by atomic mass is 10.0. The number of carbonyl (C=O) groups is 2. The minimum atomic E-state index is -0.911. The molecule has 0 spiro atoms. The van der Waals surface area contributed by atoms with E-state index in [9.17, 15) is 9.59 Å². The summed E-state index contributed by atoms with van der Waals surface area (Å²) >= 11 is 0. The van der Waals surface area contributed by atoms with Crippen LogP contribution in [0.25, 0.3) is 0 Å². The van der Waals surface area contributed by atoms with Crippen molar-refractivity contribution in [3.05, 3.63) is 54.4 Å². The van der Waals surface area contributed by atoms with E-state index < -0.39 is 17.8 Å². The van der Waals surface area contributed by atoms with Gasteiger partial charge in [-0.2, -0.15) is 0 Å². The zero-order valence-corrected chi connectivity index (χ0v) is 13.4. The van der Waals surface area contributed by atoms with E-state index in [1.165, 1.54) is 12.3 Å². The standard InChI is InChI=1S/C18H20N2O4/c1-2-6-13(18(22)23)12-20-17(21)16-11-15(9-10-19-16)24-14-7-4-3-5-8-14/h3-5,7-11,13H,2,6,12H2,1H3,(H,20,21)(H,22,23). The number of amides is 1. The van der Waals surface area contributed by atoms with Crippen LogP contribution in [0.1, 0.15) is 30.3 Å². The molecule has 0 fully saturated rings. The fourth-order valence-corrected chi connectivity index (χ4v) is 2.19. The molecule has 0 saturated carbocycles. The summed E-state index contributed by atoms with van der Waals surface area (Å²) < 4.78 is 5.66. The summed E-state index contributed by atoms with van der Waals surface area (Å²) in [6.45, 7) is 1.98. The van der Waals surface area contributed by atoms with E-state index in [1.54, 1.807) is 6.07 Å². The van der Waals surface area contributed by atoms with Crippen LogP contribution in [0.5, 0.6) is 11.5 Å². The van der Waals surface area contributed by atoms with Gasteiger partial charge in [-0.1, -0.05) is 31.5 Å². The van der Waals surface area contributed by atoms with Crippen LogP contribution in [0.2, 0.25) is 0 Å². The Morgan fingerprint density at radius 1 is 1.21 bits per heavy atom. The second-order valence-corrected chi connectivity index (χ2v) is 5.33. The first-order valence-electron chi connectivity index (χ1n) is 7.80. The summed E-state index contributed by atoms with van der Waals surface area (Å²) in [6, 6.07) is 12.4. The van der Waals surface area contributed by atoms with Gasteiger partial charge in [0.1, 0.15) is 17.2 Å². The van der Waals surface area contributed by atoms with Gasteiger partial charge in [-0.3, -0.25) is 14.6 Å². The molecule has 126 valence electrons. The number of rotatable bonds is 8. The van der Waals surface area contributed by atoms with Crippen molar-refractivity contribution in [2.45, 2.75) is 19.8 Å². The van der Waals surface area contributed by atoms with E-state index in [1.807, 2.05) is 37.3 Å². The molecule has 1 aromatic heterocycles. The Morgan fingerprint density at radius 3 is 2.62 bits per heavy atom. The van der Waals surface area contributed by atoms with E-state index in [4.69, 9.17) is 9.84 Å². The maximum Gasteiger partial charge on any atom is 0.308 e. The van der Waals surface area contributed by atoms with Gasteiger partial charge in [0.25, 0.3) is 5.91 Å². The van der Waals surface area contributed by atoms with Gasteiger partial charge in [0.15, 0.2) is 0 Å². The number of carbonyl (C=O) groups excluding carboxylic acids is 1. The van der Waals surface area contributed by atoms with Crippen molar-refractivity contribution in [3.63, 3.8) is 0 Å². The van der Waals surface area contributed by atoms with Gasteiger partial charge in [0, 0.05) is 18.8 Å². The van der Waals surface area contributed by atoms with Crippen molar-refractivity contribution < 1.29 is 19.4 Å².